The summed E-state index contributed by atoms with van der Waals surface area (Å²) in [5, 5.41) is 7.22. The fourth-order valence-electron chi connectivity index (χ4n) is 1.74. The average molecular weight is 220 g/mol. The molecular weight excluding hydrogens is 207 g/mol. The van der Waals surface area contributed by atoms with Crippen LogP contribution in [0.2, 0.25) is 0 Å². The van der Waals surface area contributed by atoms with Crippen molar-refractivity contribution in [2.75, 3.05) is 7.05 Å². The Balaban J connectivity index is 2.40. The van der Waals surface area contributed by atoms with Crippen LogP contribution >= 0.6 is 0 Å². The first kappa shape index (κ1) is 10.8. The molecule has 1 N–H and O–H groups in total. The van der Waals surface area contributed by atoms with E-state index in [0.29, 0.717) is 0 Å². The van der Waals surface area contributed by atoms with Gasteiger partial charge in [0.05, 0.1) is 17.9 Å². The predicted octanol–water partition coefficient (Wildman–Crippen LogP) is 1.26. The van der Waals surface area contributed by atoms with E-state index in [2.05, 4.69) is 15.4 Å². The van der Waals surface area contributed by atoms with E-state index in [-0.39, 0.29) is 11.9 Å². The van der Waals surface area contributed by atoms with Crippen molar-refractivity contribution in [3.63, 3.8) is 0 Å². The van der Waals surface area contributed by atoms with Crippen LogP contribution in [0.1, 0.15) is 17.3 Å². The quantitative estimate of drug-likeness (QED) is 0.846. The zero-order valence-corrected chi connectivity index (χ0v) is 9.18. The molecule has 0 radical (unpaired) electrons. The van der Waals surface area contributed by atoms with Crippen molar-refractivity contribution in [2.24, 2.45) is 7.05 Å². The van der Waals surface area contributed by atoms with Gasteiger partial charge in [-0.3, -0.25) is 9.67 Å². The Bertz CT molecular complexity index is 480. The predicted molar refractivity (Wildman–Crippen MR) is 58.3 cm³/mol. The molecule has 5 heteroatoms. The number of hydrogen-bond donors (Lipinski definition) is 1. The molecule has 2 aromatic rings. The normalized spacial score (nSPS) is 12.7. The van der Waals surface area contributed by atoms with E-state index in [1.807, 2.05) is 20.2 Å². The lowest BCUT2D eigenvalue weighted by Crippen LogP contribution is -2.20. The second-order valence-corrected chi connectivity index (χ2v) is 3.54. The van der Waals surface area contributed by atoms with Crippen LogP contribution in [0.15, 0.2) is 30.7 Å². The molecule has 1 atom stereocenters. The molecule has 2 aromatic heterocycles. The van der Waals surface area contributed by atoms with Crippen molar-refractivity contribution in [3.05, 3.63) is 47.8 Å². The van der Waals surface area contributed by atoms with E-state index in [0.717, 1.165) is 11.3 Å². The highest BCUT2D eigenvalue weighted by Crippen LogP contribution is 2.20. The lowest BCUT2D eigenvalue weighted by molar-refractivity contribution is 0.586. The van der Waals surface area contributed by atoms with Crippen LogP contribution in [0, 0.1) is 5.82 Å². The number of rotatable bonds is 3. The molecule has 0 saturated heterocycles. The first-order valence-electron chi connectivity index (χ1n) is 4.98. The molecule has 0 aliphatic carbocycles. The van der Waals surface area contributed by atoms with Crippen LogP contribution in [0.3, 0.4) is 0 Å². The van der Waals surface area contributed by atoms with Gasteiger partial charge in [0.15, 0.2) is 0 Å². The molecule has 2 rings (SSSR count). The van der Waals surface area contributed by atoms with Crippen LogP contribution in [0.25, 0.3) is 0 Å². The molecule has 16 heavy (non-hydrogen) atoms. The minimum atomic E-state index is -0.333. The number of hydrogen-bond acceptors (Lipinski definition) is 3. The van der Waals surface area contributed by atoms with E-state index < -0.39 is 0 Å². The molecule has 0 fully saturated rings. The maximum absolute atomic E-state index is 13.1. The third kappa shape index (κ3) is 1.94. The first-order chi connectivity index (χ1) is 7.72. The van der Waals surface area contributed by atoms with Crippen molar-refractivity contribution in [1.82, 2.24) is 20.1 Å². The number of aryl methyl sites for hydroxylation is 1. The van der Waals surface area contributed by atoms with Gasteiger partial charge in [-0.05, 0) is 24.7 Å². The minimum absolute atomic E-state index is 0.101. The summed E-state index contributed by atoms with van der Waals surface area (Å²) in [6.45, 7) is 0. The lowest BCUT2D eigenvalue weighted by atomic mass is 10.1. The Morgan fingerprint density at radius 1 is 1.44 bits per heavy atom. The minimum Gasteiger partial charge on any atom is -0.308 e. The van der Waals surface area contributed by atoms with Crippen LogP contribution in [-0.2, 0) is 7.05 Å². The molecular formula is C11H13FN4. The molecule has 2 heterocycles. The molecule has 0 aromatic carbocycles. The molecule has 0 amide bonds. The second-order valence-electron chi connectivity index (χ2n) is 3.54. The third-order valence-corrected chi connectivity index (χ3v) is 2.50. The molecule has 1 unspecified atom stereocenters. The number of nitrogens with zero attached hydrogens (tertiary/aromatic N) is 3. The highest BCUT2D eigenvalue weighted by molar-refractivity contribution is 5.25. The highest BCUT2D eigenvalue weighted by atomic mass is 19.1. The standard InChI is InChI=1S/C11H13FN4/c1-13-11(10-3-4-15-16(10)2)8-5-9(12)7-14-6-8/h3-7,11,13H,1-2H3. The van der Waals surface area contributed by atoms with Gasteiger partial charge in [0.1, 0.15) is 5.82 Å². The summed E-state index contributed by atoms with van der Waals surface area (Å²) >= 11 is 0. The summed E-state index contributed by atoms with van der Waals surface area (Å²) in [4.78, 5) is 3.85. The summed E-state index contributed by atoms with van der Waals surface area (Å²) in [7, 11) is 3.68. The Labute approximate surface area is 93.1 Å². The van der Waals surface area contributed by atoms with Crippen molar-refractivity contribution in [2.45, 2.75) is 6.04 Å². The molecule has 0 aliphatic heterocycles. The SMILES string of the molecule is CNC(c1cncc(F)c1)c1ccnn1C. The van der Waals surface area contributed by atoms with E-state index in [1.54, 1.807) is 17.1 Å². The van der Waals surface area contributed by atoms with Gasteiger partial charge < -0.3 is 5.32 Å². The van der Waals surface area contributed by atoms with Crippen LogP contribution in [-0.4, -0.2) is 21.8 Å². The van der Waals surface area contributed by atoms with Gasteiger partial charge >= 0.3 is 0 Å². The Morgan fingerprint density at radius 2 is 2.25 bits per heavy atom. The van der Waals surface area contributed by atoms with E-state index in [4.69, 9.17) is 0 Å². The van der Waals surface area contributed by atoms with Gasteiger partial charge in [-0.15, -0.1) is 0 Å². The monoisotopic (exact) mass is 220 g/mol. The summed E-state index contributed by atoms with van der Waals surface area (Å²) in [5.74, 6) is -0.333. The van der Waals surface area contributed by atoms with Crippen molar-refractivity contribution in [3.8, 4) is 0 Å². The van der Waals surface area contributed by atoms with Gasteiger partial charge in [-0.2, -0.15) is 5.10 Å². The van der Waals surface area contributed by atoms with Crippen molar-refractivity contribution < 1.29 is 4.39 Å². The lowest BCUT2D eigenvalue weighted by Gasteiger charge is -2.16. The van der Waals surface area contributed by atoms with Gasteiger partial charge in [0, 0.05) is 19.4 Å². The Hall–Kier alpha value is -1.75. The molecule has 0 aliphatic rings. The van der Waals surface area contributed by atoms with Gasteiger partial charge in [-0.1, -0.05) is 0 Å². The zero-order chi connectivity index (χ0) is 11.5. The number of nitrogens with one attached hydrogen (secondary N) is 1. The maximum Gasteiger partial charge on any atom is 0.141 e. The summed E-state index contributed by atoms with van der Waals surface area (Å²) in [5.41, 5.74) is 1.75. The van der Waals surface area contributed by atoms with Gasteiger partial charge in [0.25, 0.3) is 0 Å². The van der Waals surface area contributed by atoms with Crippen LogP contribution in [0.5, 0.6) is 0 Å². The first-order valence-corrected chi connectivity index (χ1v) is 4.98. The Kier molecular flexibility index (Phi) is 2.96. The van der Waals surface area contributed by atoms with Crippen LogP contribution < -0.4 is 5.32 Å². The molecule has 0 saturated carbocycles. The third-order valence-electron chi connectivity index (χ3n) is 2.50. The summed E-state index contributed by atoms with van der Waals surface area (Å²) in [6.07, 6.45) is 4.56. The van der Waals surface area contributed by atoms with Gasteiger partial charge in [-0.25, -0.2) is 4.39 Å². The number of pyridine rings is 1. The van der Waals surface area contributed by atoms with E-state index in [9.17, 15) is 4.39 Å². The second kappa shape index (κ2) is 4.40. The van der Waals surface area contributed by atoms with Crippen LogP contribution in [0.4, 0.5) is 4.39 Å². The van der Waals surface area contributed by atoms with E-state index in [1.165, 1.54) is 12.3 Å². The summed E-state index contributed by atoms with van der Waals surface area (Å²) in [6, 6.07) is 3.27. The summed E-state index contributed by atoms with van der Waals surface area (Å²) < 4.78 is 14.8. The highest BCUT2D eigenvalue weighted by Gasteiger charge is 2.15. The Morgan fingerprint density at radius 3 is 2.81 bits per heavy atom. The van der Waals surface area contributed by atoms with Crippen molar-refractivity contribution in [1.29, 1.82) is 0 Å². The molecule has 4 nitrogen and oxygen atoms in total. The van der Waals surface area contributed by atoms with Crippen molar-refractivity contribution >= 4 is 0 Å². The molecule has 84 valence electrons. The average Bonchev–Trinajstić information content (AvgIpc) is 2.67. The maximum atomic E-state index is 13.1. The number of aromatic nitrogens is 3. The topological polar surface area (TPSA) is 42.7 Å². The number of halogens is 1. The fourth-order valence-corrected chi connectivity index (χ4v) is 1.74. The zero-order valence-electron chi connectivity index (χ0n) is 9.18. The molecule has 0 spiro atoms. The van der Waals surface area contributed by atoms with Gasteiger partial charge in [0.2, 0.25) is 0 Å². The largest absolute Gasteiger partial charge is 0.308 e. The fraction of sp³-hybridized carbons (Fsp3) is 0.273. The smallest absolute Gasteiger partial charge is 0.141 e. The van der Waals surface area contributed by atoms with E-state index >= 15 is 0 Å². The molecule has 0 bridgehead atoms.